The molecule has 5 nitrogen and oxygen atoms in total. The fraction of sp³-hybridized carbons (Fsp3) is 0.385. The number of amides is 2. The van der Waals surface area contributed by atoms with Crippen LogP contribution in [0, 0.1) is 0 Å². The van der Waals surface area contributed by atoms with Crippen molar-refractivity contribution in [2.24, 2.45) is 0 Å². The Balaban J connectivity index is 2.67. The zero-order chi connectivity index (χ0) is 14.6. The third-order valence-corrected chi connectivity index (χ3v) is 3.15. The number of carbonyl (C=O) groups excluding carboxylic acids is 1. The number of benzene rings is 1. The Morgan fingerprint density at radius 1 is 1.26 bits per heavy atom. The molecule has 19 heavy (non-hydrogen) atoms. The molecule has 0 heterocycles. The highest BCUT2D eigenvalue weighted by molar-refractivity contribution is 6.30. The van der Waals surface area contributed by atoms with Gasteiger partial charge in [0.2, 0.25) is 0 Å². The first-order chi connectivity index (χ1) is 8.82. The van der Waals surface area contributed by atoms with E-state index < -0.39 is 12.0 Å². The van der Waals surface area contributed by atoms with Gasteiger partial charge in [-0.1, -0.05) is 23.7 Å². The lowest BCUT2D eigenvalue weighted by Gasteiger charge is -2.27. The van der Waals surface area contributed by atoms with E-state index in [1.807, 2.05) is 12.1 Å². The highest BCUT2D eigenvalue weighted by Gasteiger charge is 2.24. The Morgan fingerprint density at radius 3 is 2.26 bits per heavy atom. The number of rotatable bonds is 4. The summed E-state index contributed by atoms with van der Waals surface area (Å²) in [6, 6.07) is 5.95. The van der Waals surface area contributed by atoms with Crippen molar-refractivity contribution in [1.82, 2.24) is 9.80 Å². The molecule has 1 rings (SSSR count). The van der Waals surface area contributed by atoms with Gasteiger partial charge in [0.1, 0.15) is 6.04 Å². The third kappa shape index (κ3) is 4.13. The smallest absolute Gasteiger partial charge is 0.326 e. The predicted molar refractivity (Wildman–Crippen MR) is 73.2 cm³/mol. The number of hydrogen-bond donors (Lipinski definition) is 1. The molecule has 0 aromatic heterocycles. The molecule has 6 heteroatoms. The Morgan fingerprint density at radius 2 is 1.79 bits per heavy atom. The van der Waals surface area contributed by atoms with Gasteiger partial charge in [-0.3, -0.25) is 0 Å². The van der Waals surface area contributed by atoms with Crippen LogP contribution in [0.3, 0.4) is 0 Å². The first kappa shape index (κ1) is 15.3. The van der Waals surface area contributed by atoms with Gasteiger partial charge in [0.05, 0.1) is 0 Å². The Bertz CT molecular complexity index is 461. The minimum Gasteiger partial charge on any atom is -0.480 e. The van der Waals surface area contributed by atoms with Crippen molar-refractivity contribution in [3.05, 3.63) is 34.9 Å². The predicted octanol–water partition coefficient (Wildman–Crippen LogP) is 2.30. The van der Waals surface area contributed by atoms with Crippen molar-refractivity contribution in [3.63, 3.8) is 0 Å². The lowest BCUT2D eigenvalue weighted by Crippen LogP contribution is -2.46. The van der Waals surface area contributed by atoms with Crippen molar-refractivity contribution in [2.45, 2.75) is 19.5 Å². The van der Waals surface area contributed by atoms with E-state index in [0.717, 1.165) is 5.56 Å². The van der Waals surface area contributed by atoms with Crippen LogP contribution in [0.1, 0.15) is 12.5 Å². The molecule has 1 atom stereocenters. The second-order valence-electron chi connectivity index (χ2n) is 4.39. The monoisotopic (exact) mass is 284 g/mol. The first-order valence-corrected chi connectivity index (χ1v) is 6.16. The zero-order valence-corrected chi connectivity index (χ0v) is 11.9. The summed E-state index contributed by atoms with van der Waals surface area (Å²) in [6.45, 7) is 1.86. The van der Waals surface area contributed by atoms with E-state index in [9.17, 15) is 9.59 Å². The maximum atomic E-state index is 12.0. The second kappa shape index (κ2) is 6.43. The largest absolute Gasteiger partial charge is 0.480 e. The lowest BCUT2D eigenvalue weighted by molar-refractivity contribution is -0.141. The summed E-state index contributed by atoms with van der Waals surface area (Å²) in [5, 5.41) is 9.51. The maximum Gasteiger partial charge on any atom is 0.326 e. The number of halogens is 1. The number of carbonyl (C=O) groups is 2. The minimum atomic E-state index is -1.03. The molecule has 0 aliphatic carbocycles. The van der Waals surface area contributed by atoms with Crippen molar-refractivity contribution >= 4 is 23.6 Å². The molecule has 0 spiro atoms. The van der Waals surface area contributed by atoms with Gasteiger partial charge in [-0.05, 0) is 24.6 Å². The number of aliphatic carboxylic acids is 1. The number of carboxylic acids is 1. The fourth-order valence-corrected chi connectivity index (χ4v) is 1.66. The summed E-state index contributed by atoms with van der Waals surface area (Å²) < 4.78 is 0. The number of likely N-dealkylation sites (N-methyl/N-ethyl adjacent to an activating group) is 1. The number of nitrogens with zero attached hydrogens (tertiary/aromatic N) is 2. The molecule has 0 fully saturated rings. The molecule has 104 valence electrons. The van der Waals surface area contributed by atoms with Gasteiger partial charge in [-0.15, -0.1) is 0 Å². The molecular formula is C13H17ClN2O3. The minimum absolute atomic E-state index is 0.343. The average Bonchev–Trinajstić information content (AvgIpc) is 2.38. The maximum absolute atomic E-state index is 12.0. The van der Waals surface area contributed by atoms with Crippen LogP contribution >= 0.6 is 11.6 Å². The molecule has 1 N–H and O–H groups in total. The van der Waals surface area contributed by atoms with Gasteiger partial charge in [0, 0.05) is 25.7 Å². The van der Waals surface area contributed by atoms with E-state index in [1.54, 1.807) is 19.2 Å². The fourth-order valence-electron chi connectivity index (χ4n) is 1.53. The number of urea groups is 1. The van der Waals surface area contributed by atoms with Crippen molar-refractivity contribution < 1.29 is 14.7 Å². The van der Waals surface area contributed by atoms with Gasteiger partial charge in [0.15, 0.2) is 0 Å². The van der Waals surface area contributed by atoms with Gasteiger partial charge in [-0.2, -0.15) is 0 Å². The van der Waals surface area contributed by atoms with Crippen LogP contribution in [-0.4, -0.2) is 47.0 Å². The number of carboxylic acid groups (broad SMARTS) is 1. The van der Waals surface area contributed by atoms with Crippen LogP contribution in [0.25, 0.3) is 0 Å². The molecule has 0 saturated carbocycles. The van der Waals surface area contributed by atoms with Gasteiger partial charge >= 0.3 is 12.0 Å². The molecule has 0 aliphatic rings. The van der Waals surface area contributed by atoms with E-state index in [0.29, 0.717) is 11.6 Å². The summed E-state index contributed by atoms with van der Waals surface area (Å²) in [6.07, 6.45) is 0. The van der Waals surface area contributed by atoms with Gasteiger partial charge < -0.3 is 14.9 Å². The topological polar surface area (TPSA) is 60.9 Å². The molecular weight excluding hydrogens is 268 g/mol. The normalized spacial score (nSPS) is 11.8. The van der Waals surface area contributed by atoms with Crippen LogP contribution in [0.5, 0.6) is 0 Å². The molecule has 1 aromatic rings. The summed E-state index contributed by atoms with van der Waals surface area (Å²) in [4.78, 5) is 25.5. The van der Waals surface area contributed by atoms with E-state index in [2.05, 4.69) is 0 Å². The molecule has 1 aromatic carbocycles. The lowest BCUT2D eigenvalue weighted by atomic mass is 10.2. The van der Waals surface area contributed by atoms with Gasteiger partial charge in [0.25, 0.3) is 0 Å². The third-order valence-electron chi connectivity index (χ3n) is 2.90. The van der Waals surface area contributed by atoms with Gasteiger partial charge in [-0.25, -0.2) is 9.59 Å². The molecule has 0 aliphatic heterocycles. The molecule has 1 unspecified atom stereocenters. The van der Waals surface area contributed by atoms with E-state index in [4.69, 9.17) is 16.7 Å². The summed E-state index contributed by atoms with van der Waals surface area (Å²) >= 11 is 5.78. The SMILES string of the molecule is CC(C(=O)O)N(C)C(=O)N(C)Cc1ccc(Cl)cc1. The standard InChI is InChI=1S/C13H17ClN2O3/c1-9(12(17)18)16(3)13(19)15(2)8-10-4-6-11(14)7-5-10/h4-7,9H,8H2,1-3H3,(H,17,18). The van der Waals surface area contributed by atoms with Crippen LogP contribution < -0.4 is 0 Å². The van der Waals surface area contributed by atoms with Crippen LogP contribution in [-0.2, 0) is 11.3 Å². The highest BCUT2D eigenvalue weighted by atomic mass is 35.5. The molecule has 2 amide bonds. The Labute approximate surface area is 117 Å². The van der Waals surface area contributed by atoms with Crippen molar-refractivity contribution in [3.8, 4) is 0 Å². The van der Waals surface area contributed by atoms with Crippen LogP contribution in [0.15, 0.2) is 24.3 Å². The van der Waals surface area contributed by atoms with E-state index in [-0.39, 0.29) is 6.03 Å². The van der Waals surface area contributed by atoms with E-state index >= 15 is 0 Å². The summed E-state index contributed by atoms with van der Waals surface area (Å²) in [5.41, 5.74) is 0.927. The molecule has 0 saturated heterocycles. The van der Waals surface area contributed by atoms with Crippen molar-refractivity contribution in [1.29, 1.82) is 0 Å². The first-order valence-electron chi connectivity index (χ1n) is 5.78. The van der Waals surface area contributed by atoms with Crippen LogP contribution in [0.2, 0.25) is 5.02 Å². The van der Waals surface area contributed by atoms with E-state index in [1.165, 1.54) is 23.8 Å². The Kier molecular flexibility index (Phi) is 5.18. The second-order valence-corrected chi connectivity index (χ2v) is 4.83. The molecule has 0 bridgehead atoms. The summed E-state index contributed by atoms with van der Waals surface area (Å²) in [5.74, 6) is -1.03. The number of hydrogen-bond acceptors (Lipinski definition) is 2. The quantitative estimate of drug-likeness (QED) is 0.923. The Hall–Kier alpha value is -1.75. The highest BCUT2D eigenvalue weighted by Crippen LogP contribution is 2.12. The zero-order valence-electron chi connectivity index (χ0n) is 11.1. The molecule has 0 radical (unpaired) electrons. The van der Waals surface area contributed by atoms with Crippen LogP contribution in [0.4, 0.5) is 4.79 Å². The summed E-state index contributed by atoms with van der Waals surface area (Å²) in [7, 11) is 3.10. The average molecular weight is 285 g/mol. The van der Waals surface area contributed by atoms with Crippen molar-refractivity contribution in [2.75, 3.05) is 14.1 Å².